The number of rotatable bonds is 4. The first-order chi connectivity index (χ1) is 12.8. The molecule has 2 aliphatic heterocycles. The van der Waals surface area contributed by atoms with Crippen LogP contribution in [0.25, 0.3) is 0 Å². The maximum absolute atomic E-state index is 12.7. The van der Waals surface area contributed by atoms with E-state index in [-0.39, 0.29) is 5.92 Å². The maximum Gasteiger partial charge on any atom is 0.225 e. The second-order valence-electron chi connectivity index (χ2n) is 8.49. The van der Waals surface area contributed by atoms with Gasteiger partial charge in [-0.3, -0.25) is 4.79 Å². The number of carbonyl (C=O) groups excluding carboxylic acids is 1. The van der Waals surface area contributed by atoms with Crippen molar-refractivity contribution in [3.05, 3.63) is 0 Å². The third kappa shape index (κ3) is 4.57. The van der Waals surface area contributed by atoms with Crippen molar-refractivity contribution in [3.63, 3.8) is 0 Å². The highest BCUT2D eigenvalue weighted by Crippen LogP contribution is 2.33. The molecule has 0 aromatic rings. The van der Waals surface area contributed by atoms with Gasteiger partial charge in [-0.05, 0) is 44.4 Å². The summed E-state index contributed by atoms with van der Waals surface area (Å²) in [5.74, 6) is 3.66. The van der Waals surface area contributed by atoms with Crippen molar-refractivity contribution in [2.24, 2.45) is 11.8 Å². The summed E-state index contributed by atoms with van der Waals surface area (Å²) in [6, 6.07) is 1.76. The summed E-state index contributed by atoms with van der Waals surface area (Å²) in [5.41, 5.74) is 0. The highest BCUT2D eigenvalue weighted by atomic mass is 32.2. The Morgan fingerprint density at radius 3 is 2.62 bits per heavy atom. The molecule has 26 heavy (non-hydrogen) atoms. The largest absolute Gasteiger partial charge is 0.379 e. The molecule has 2 saturated carbocycles. The second-order valence-corrected chi connectivity index (χ2v) is 9.71. The molecule has 2 aliphatic carbocycles. The van der Waals surface area contributed by atoms with Crippen LogP contribution < -0.4 is 10.6 Å². The molecule has 4 aliphatic rings. The summed E-state index contributed by atoms with van der Waals surface area (Å²) >= 11 is 1.97. The van der Waals surface area contributed by atoms with Crippen LogP contribution in [-0.2, 0) is 9.53 Å². The molecule has 4 rings (SSSR count). The number of nitrogens with zero attached hydrogens (tertiary/aromatic N) is 1. The minimum absolute atomic E-state index is 0.281. The van der Waals surface area contributed by atoms with Crippen LogP contribution in [0, 0.1) is 11.8 Å². The number of amides is 1. The van der Waals surface area contributed by atoms with Crippen LogP contribution >= 0.6 is 11.8 Å². The van der Waals surface area contributed by atoms with Crippen LogP contribution in [0.5, 0.6) is 0 Å². The minimum Gasteiger partial charge on any atom is -0.379 e. The van der Waals surface area contributed by atoms with Gasteiger partial charge in [0.05, 0.1) is 13.2 Å². The molecule has 3 atom stereocenters. The quantitative estimate of drug-likeness (QED) is 0.779. The van der Waals surface area contributed by atoms with E-state index in [9.17, 15) is 4.79 Å². The standard InChI is InChI=1S/C20H35N3O2S/c24-20(23-9-12-26-13-10-23)15-4-6-16(7-5-15)22-18-3-1-2-17(18)19-14-25-11-8-21-19/h15-19,21-22H,1-14H2. The summed E-state index contributed by atoms with van der Waals surface area (Å²) < 4.78 is 5.70. The Labute approximate surface area is 162 Å². The van der Waals surface area contributed by atoms with Crippen LogP contribution in [-0.4, -0.2) is 73.3 Å². The number of morpholine rings is 1. The van der Waals surface area contributed by atoms with E-state index in [1.165, 1.54) is 19.3 Å². The zero-order chi connectivity index (χ0) is 17.8. The van der Waals surface area contributed by atoms with Crippen LogP contribution in [0.3, 0.4) is 0 Å². The van der Waals surface area contributed by atoms with Gasteiger partial charge in [0, 0.05) is 55.2 Å². The monoisotopic (exact) mass is 381 g/mol. The van der Waals surface area contributed by atoms with Gasteiger partial charge < -0.3 is 20.3 Å². The molecular formula is C20H35N3O2S. The van der Waals surface area contributed by atoms with Crippen molar-refractivity contribution in [3.8, 4) is 0 Å². The van der Waals surface area contributed by atoms with Gasteiger partial charge in [0.15, 0.2) is 0 Å². The van der Waals surface area contributed by atoms with Crippen LogP contribution in [0.2, 0.25) is 0 Å². The minimum atomic E-state index is 0.281. The molecule has 3 unspecified atom stereocenters. The van der Waals surface area contributed by atoms with E-state index in [2.05, 4.69) is 15.5 Å². The lowest BCUT2D eigenvalue weighted by atomic mass is 9.84. The van der Waals surface area contributed by atoms with Crippen molar-refractivity contribution in [1.82, 2.24) is 15.5 Å². The molecule has 2 N–H and O–H groups in total. The average molecular weight is 382 g/mol. The Bertz CT molecular complexity index is 458. The highest BCUT2D eigenvalue weighted by Gasteiger charge is 2.37. The van der Waals surface area contributed by atoms with Gasteiger partial charge in [-0.2, -0.15) is 11.8 Å². The van der Waals surface area contributed by atoms with Gasteiger partial charge in [-0.15, -0.1) is 0 Å². The zero-order valence-electron chi connectivity index (χ0n) is 16.0. The molecule has 0 aromatic heterocycles. The van der Waals surface area contributed by atoms with E-state index in [4.69, 9.17) is 4.74 Å². The Kier molecular flexibility index (Phi) is 6.78. The van der Waals surface area contributed by atoms with E-state index >= 15 is 0 Å². The predicted molar refractivity (Wildman–Crippen MR) is 107 cm³/mol. The van der Waals surface area contributed by atoms with Crippen molar-refractivity contribution in [1.29, 1.82) is 0 Å². The van der Waals surface area contributed by atoms with E-state index < -0.39 is 0 Å². The zero-order valence-corrected chi connectivity index (χ0v) is 16.8. The van der Waals surface area contributed by atoms with Gasteiger partial charge in [0.1, 0.15) is 0 Å². The van der Waals surface area contributed by atoms with Gasteiger partial charge >= 0.3 is 0 Å². The van der Waals surface area contributed by atoms with Crippen molar-refractivity contribution in [2.75, 3.05) is 44.4 Å². The molecule has 2 saturated heterocycles. The van der Waals surface area contributed by atoms with E-state index in [1.807, 2.05) is 11.8 Å². The molecule has 0 bridgehead atoms. The third-order valence-electron chi connectivity index (χ3n) is 6.89. The molecule has 0 radical (unpaired) electrons. The highest BCUT2D eigenvalue weighted by molar-refractivity contribution is 7.99. The normalized spacial score (nSPS) is 39.1. The summed E-state index contributed by atoms with van der Waals surface area (Å²) in [7, 11) is 0. The fraction of sp³-hybridized carbons (Fsp3) is 0.950. The third-order valence-corrected chi connectivity index (χ3v) is 7.83. The number of ether oxygens (including phenoxy) is 1. The fourth-order valence-electron chi connectivity index (χ4n) is 5.39. The van der Waals surface area contributed by atoms with Crippen LogP contribution in [0.1, 0.15) is 44.9 Å². The molecular weight excluding hydrogens is 346 g/mol. The van der Waals surface area contributed by atoms with E-state index in [1.54, 1.807) is 0 Å². The smallest absolute Gasteiger partial charge is 0.225 e. The van der Waals surface area contributed by atoms with Gasteiger partial charge in [-0.25, -0.2) is 0 Å². The summed E-state index contributed by atoms with van der Waals surface area (Å²) in [4.78, 5) is 14.9. The molecule has 5 nitrogen and oxygen atoms in total. The van der Waals surface area contributed by atoms with Crippen molar-refractivity contribution >= 4 is 17.7 Å². The maximum atomic E-state index is 12.7. The van der Waals surface area contributed by atoms with Crippen molar-refractivity contribution < 1.29 is 9.53 Å². The molecule has 0 aromatic carbocycles. The molecule has 6 heteroatoms. The lowest BCUT2D eigenvalue weighted by Crippen LogP contribution is -2.53. The molecule has 0 spiro atoms. The Morgan fingerprint density at radius 1 is 1.08 bits per heavy atom. The summed E-state index contributed by atoms with van der Waals surface area (Å²) in [5, 5.41) is 7.65. The fourth-order valence-corrected chi connectivity index (χ4v) is 6.29. The lowest BCUT2D eigenvalue weighted by Gasteiger charge is -2.37. The van der Waals surface area contributed by atoms with E-state index in [0.717, 1.165) is 70.0 Å². The summed E-state index contributed by atoms with van der Waals surface area (Å²) in [6.45, 7) is 4.65. The number of nitrogens with one attached hydrogen (secondary N) is 2. The Morgan fingerprint density at radius 2 is 1.88 bits per heavy atom. The number of hydrogen-bond donors (Lipinski definition) is 2. The Hall–Kier alpha value is -0.300. The van der Waals surface area contributed by atoms with Crippen molar-refractivity contribution in [2.45, 2.75) is 63.1 Å². The first-order valence-electron chi connectivity index (χ1n) is 10.7. The van der Waals surface area contributed by atoms with Crippen LogP contribution in [0.4, 0.5) is 0 Å². The summed E-state index contributed by atoms with van der Waals surface area (Å²) in [6.07, 6.45) is 8.42. The SMILES string of the molecule is O=C(C1CCC(NC2CCCC2C2COCCN2)CC1)N1CCSCC1. The average Bonchev–Trinajstić information content (AvgIpc) is 3.17. The predicted octanol–water partition coefficient (Wildman–Crippen LogP) is 1.87. The first-order valence-corrected chi connectivity index (χ1v) is 11.9. The molecule has 1 amide bonds. The molecule has 148 valence electrons. The Balaban J connectivity index is 1.23. The van der Waals surface area contributed by atoms with E-state index in [0.29, 0.717) is 30.0 Å². The van der Waals surface area contributed by atoms with Crippen LogP contribution in [0.15, 0.2) is 0 Å². The number of carbonyl (C=O) groups is 1. The van der Waals surface area contributed by atoms with Gasteiger partial charge in [0.25, 0.3) is 0 Å². The lowest BCUT2D eigenvalue weighted by molar-refractivity contribution is -0.136. The molecule has 4 fully saturated rings. The van der Waals surface area contributed by atoms with Gasteiger partial charge in [-0.1, -0.05) is 6.42 Å². The van der Waals surface area contributed by atoms with Gasteiger partial charge in [0.2, 0.25) is 5.91 Å². The topological polar surface area (TPSA) is 53.6 Å². The second kappa shape index (κ2) is 9.26. The molecule has 2 heterocycles. The number of thioether (sulfide) groups is 1. The first kappa shape index (κ1) is 19.0. The number of hydrogen-bond acceptors (Lipinski definition) is 5.